The number of rotatable bonds is 11. The van der Waals surface area contributed by atoms with Crippen LogP contribution in [0.5, 0.6) is 0 Å². The summed E-state index contributed by atoms with van der Waals surface area (Å²) in [5.41, 5.74) is 0. The zero-order valence-corrected chi connectivity index (χ0v) is 12.2. The third-order valence-corrected chi connectivity index (χ3v) is 2.61. The van der Waals surface area contributed by atoms with Gasteiger partial charge in [-0.2, -0.15) is 9.78 Å². The van der Waals surface area contributed by atoms with Crippen molar-refractivity contribution in [1.29, 1.82) is 0 Å². The molecule has 0 radical (unpaired) electrons. The molecule has 0 aliphatic heterocycles. The van der Waals surface area contributed by atoms with E-state index >= 15 is 0 Å². The Labute approximate surface area is 117 Å². The summed E-state index contributed by atoms with van der Waals surface area (Å²) in [5.74, 6) is -3.99. The summed E-state index contributed by atoms with van der Waals surface area (Å²) < 4.78 is 0. The van der Waals surface area contributed by atoms with Gasteiger partial charge in [0.1, 0.15) is 11.6 Å². The van der Waals surface area contributed by atoms with Crippen molar-refractivity contribution in [1.82, 2.24) is 0 Å². The summed E-state index contributed by atoms with van der Waals surface area (Å²) >= 11 is 0. The smallest absolute Gasteiger partial charge is 0.237 e. The van der Waals surface area contributed by atoms with E-state index in [4.69, 9.17) is 20.3 Å². The fourth-order valence-corrected chi connectivity index (χ4v) is 1.30. The zero-order valence-electron chi connectivity index (χ0n) is 12.2. The molecule has 118 valence electrons. The largest absolute Gasteiger partial charge is 0.300 e. The van der Waals surface area contributed by atoms with Gasteiger partial charge in [0, 0.05) is 12.8 Å². The van der Waals surface area contributed by atoms with E-state index in [0.29, 0.717) is 0 Å². The van der Waals surface area contributed by atoms with E-state index in [1.54, 1.807) is 13.8 Å². The summed E-state index contributed by atoms with van der Waals surface area (Å²) in [6, 6.07) is 0. The minimum atomic E-state index is -1.76. The lowest BCUT2D eigenvalue weighted by Crippen LogP contribution is -2.41. The second-order valence-electron chi connectivity index (χ2n) is 4.75. The maximum absolute atomic E-state index is 11.3. The van der Waals surface area contributed by atoms with Crippen molar-refractivity contribution in [2.75, 3.05) is 0 Å². The van der Waals surface area contributed by atoms with E-state index in [-0.39, 0.29) is 37.2 Å². The highest BCUT2D eigenvalue weighted by atomic mass is 17.3. The van der Waals surface area contributed by atoms with Gasteiger partial charge in [-0.25, -0.2) is 20.3 Å². The number of ketones is 2. The first-order chi connectivity index (χ1) is 9.24. The summed E-state index contributed by atoms with van der Waals surface area (Å²) in [7, 11) is 0. The molecule has 0 fully saturated rings. The highest BCUT2D eigenvalue weighted by Crippen LogP contribution is 2.25. The topological polar surface area (TPSA) is 112 Å². The van der Waals surface area contributed by atoms with Gasteiger partial charge < -0.3 is 0 Å². The van der Waals surface area contributed by atoms with E-state index in [0.717, 1.165) is 0 Å². The number of hydrogen-bond donors (Lipinski definition) is 2. The molecule has 0 aromatic rings. The molecule has 2 unspecified atom stereocenters. The van der Waals surface area contributed by atoms with Crippen molar-refractivity contribution in [2.45, 2.75) is 65.0 Å². The lowest BCUT2D eigenvalue weighted by atomic mass is 10.1. The van der Waals surface area contributed by atoms with Gasteiger partial charge in [-0.05, 0) is 13.8 Å². The van der Waals surface area contributed by atoms with Gasteiger partial charge in [0.25, 0.3) is 0 Å². The number of carbonyl (C=O) groups is 2. The molecule has 0 bridgehead atoms. The van der Waals surface area contributed by atoms with Crippen molar-refractivity contribution in [3.8, 4) is 0 Å². The molecule has 8 nitrogen and oxygen atoms in total. The van der Waals surface area contributed by atoms with Crippen LogP contribution >= 0.6 is 0 Å². The van der Waals surface area contributed by atoms with Crippen LogP contribution in [0.1, 0.15) is 53.4 Å². The molecule has 0 saturated heterocycles. The summed E-state index contributed by atoms with van der Waals surface area (Å²) in [6.07, 6.45) is -0.0960. The quantitative estimate of drug-likeness (QED) is 0.338. The van der Waals surface area contributed by atoms with Crippen molar-refractivity contribution in [2.24, 2.45) is 0 Å². The average Bonchev–Trinajstić information content (AvgIpc) is 2.45. The standard InChI is InChI=1S/C12H22O8/c1-5-9(13)7-11(3,17-15)19-20-12(4,18-16)8-10(14)6-2/h15-16H,5-8H2,1-4H3. The molecule has 8 heteroatoms. The molecule has 2 atom stereocenters. The maximum Gasteiger partial charge on any atom is 0.237 e. The van der Waals surface area contributed by atoms with Gasteiger partial charge in [0.15, 0.2) is 0 Å². The van der Waals surface area contributed by atoms with Gasteiger partial charge in [0.2, 0.25) is 11.6 Å². The van der Waals surface area contributed by atoms with E-state index in [9.17, 15) is 9.59 Å². The van der Waals surface area contributed by atoms with Crippen LogP contribution in [0.25, 0.3) is 0 Å². The second-order valence-corrected chi connectivity index (χ2v) is 4.75. The molecule has 0 heterocycles. The van der Waals surface area contributed by atoms with Gasteiger partial charge in [-0.15, -0.1) is 0 Å². The van der Waals surface area contributed by atoms with Crippen molar-refractivity contribution < 1.29 is 39.7 Å². The Bertz CT molecular complexity index is 299. The minimum absolute atomic E-state index is 0.227. The van der Waals surface area contributed by atoms with Crippen LogP contribution in [-0.4, -0.2) is 33.7 Å². The normalized spacial score (nSPS) is 17.3. The Hall–Kier alpha value is -0.900. The molecular formula is C12H22O8. The Morgan fingerprint density at radius 2 is 1.15 bits per heavy atom. The van der Waals surface area contributed by atoms with Crippen LogP contribution in [0.15, 0.2) is 0 Å². The number of hydrogen-bond acceptors (Lipinski definition) is 8. The van der Waals surface area contributed by atoms with Crippen LogP contribution in [0.2, 0.25) is 0 Å². The molecule has 0 spiro atoms. The first-order valence-corrected chi connectivity index (χ1v) is 6.29. The average molecular weight is 294 g/mol. The lowest BCUT2D eigenvalue weighted by Gasteiger charge is -2.30. The number of carbonyl (C=O) groups excluding carboxylic acids is 2. The zero-order chi connectivity index (χ0) is 15.8. The van der Waals surface area contributed by atoms with Gasteiger partial charge in [-0.1, -0.05) is 13.8 Å². The van der Waals surface area contributed by atoms with Crippen LogP contribution < -0.4 is 0 Å². The van der Waals surface area contributed by atoms with E-state index in [1.165, 1.54) is 13.8 Å². The Morgan fingerprint density at radius 3 is 1.35 bits per heavy atom. The minimum Gasteiger partial charge on any atom is -0.300 e. The molecular weight excluding hydrogens is 272 g/mol. The summed E-state index contributed by atoms with van der Waals surface area (Å²) in [5, 5.41) is 17.6. The summed E-state index contributed by atoms with van der Waals surface area (Å²) in [6.45, 7) is 5.81. The third-order valence-electron chi connectivity index (χ3n) is 2.61. The fourth-order valence-electron chi connectivity index (χ4n) is 1.30. The van der Waals surface area contributed by atoms with Crippen LogP contribution in [-0.2, 0) is 29.1 Å². The van der Waals surface area contributed by atoms with Crippen molar-refractivity contribution in [3.63, 3.8) is 0 Å². The fraction of sp³-hybridized carbons (Fsp3) is 0.833. The van der Waals surface area contributed by atoms with Crippen LogP contribution in [0.3, 0.4) is 0 Å². The number of Topliss-reactive ketones (excluding diaryl/α,β-unsaturated/α-hetero) is 2. The molecule has 0 rings (SSSR count). The monoisotopic (exact) mass is 294 g/mol. The molecule has 0 aromatic heterocycles. The first-order valence-electron chi connectivity index (χ1n) is 6.29. The highest BCUT2D eigenvalue weighted by Gasteiger charge is 2.38. The molecule has 0 aromatic carbocycles. The van der Waals surface area contributed by atoms with Crippen LogP contribution in [0, 0.1) is 0 Å². The third kappa shape index (κ3) is 6.51. The Balaban J connectivity index is 4.65. The molecule has 20 heavy (non-hydrogen) atoms. The van der Waals surface area contributed by atoms with Crippen molar-refractivity contribution >= 4 is 11.6 Å². The lowest BCUT2D eigenvalue weighted by molar-refractivity contribution is -0.563. The molecule has 0 saturated carbocycles. The van der Waals surface area contributed by atoms with E-state index in [2.05, 4.69) is 9.78 Å². The first kappa shape index (κ1) is 19.1. The Kier molecular flexibility index (Phi) is 8.02. The molecule has 2 N–H and O–H groups in total. The molecule has 0 amide bonds. The van der Waals surface area contributed by atoms with Gasteiger partial charge in [0.05, 0.1) is 12.8 Å². The van der Waals surface area contributed by atoms with E-state index in [1.807, 2.05) is 0 Å². The van der Waals surface area contributed by atoms with Gasteiger partial charge >= 0.3 is 0 Å². The Morgan fingerprint density at radius 1 is 0.850 bits per heavy atom. The van der Waals surface area contributed by atoms with Crippen molar-refractivity contribution in [3.05, 3.63) is 0 Å². The maximum atomic E-state index is 11.3. The predicted octanol–water partition coefficient (Wildman–Crippen LogP) is 2.08. The van der Waals surface area contributed by atoms with E-state index < -0.39 is 11.6 Å². The molecule has 0 aliphatic rings. The SMILES string of the molecule is CCC(=O)CC(C)(OO)OOC(C)(CC(=O)CC)OO. The second kappa shape index (κ2) is 8.40. The van der Waals surface area contributed by atoms with Gasteiger partial charge in [-0.3, -0.25) is 9.59 Å². The van der Waals surface area contributed by atoms with Crippen LogP contribution in [0.4, 0.5) is 0 Å². The highest BCUT2D eigenvalue weighted by molar-refractivity contribution is 5.79. The predicted molar refractivity (Wildman–Crippen MR) is 66.2 cm³/mol. The summed E-state index contributed by atoms with van der Waals surface area (Å²) in [4.78, 5) is 40.5. The molecule has 0 aliphatic carbocycles.